The number of anilines is 2. The summed E-state index contributed by atoms with van der Waals surface area (Å²) in [7, 11) is -1.15. The minimum atomic E-state index is -1.15. The highest BCUT2D eigenvalue weighted by molar-refractivity contribution is 7.86. The SMILES string of the molecule is Cc1cc(NS(=O)CC2(C)CC2)c2ccccc2c1Oc1nccnc1-c1ccnc(NC2CCCNC2)c1. The van der Waals surface area contributed by atoms with Gasteiger partial charge in [0.05, 0.1) is 5.69 Å². The number of hydrogen-bond donors (Lipinski definition) is 3. The van der Waals surface area contributed by atoms with Crippen LogP contribution in [-0.2, 0) is 11.0 Å². The van der Waals surface area contributed by atoms with E-state index in [9.17, 15) is 4.21 Å². The molecule has 6 rings (SSSR count). The highest BCUT2D eigenvalue weighted by Crippen LogP contribution is 2.46. The predicted molar refractivity (Wildman–Crippen MR) is 158 cm³/mol. The molecule has 2 aromatic carbocycles. The maximum atomic E-state index is 12.9. The second-order valence-corrected chi connectivity index (χ2v) is 12.1. The van der Waals surface area contributed by atoms with Crippen LogP contribution in [0.1, 0.15) is 38.2 Å². The Bertz CT molecular complexity index is 1520. The zero-order valence-corrected chi connectivity index (χ0v) is 23.2. The van der Waals surface area contributed by atoms with Crippen molar-refractivity contribution in [3.63, 3.8) is 0 Å². The van der Waals surface area contributed by atoms with Gasteiger partial charge in [-0.1, -0.05) is 31.2 Å². The number of hydrogen-bond acceptors (Lipinski definition) is 7. The molecule has 2 fully saturated rings. The first-order valence-electron chi connectivity index (χ1n) is 13.6. The monoisotopic (exact) mass is 542 g/mol. The topological polar surface area (TPSA) is 101 Å². The number of piperidine rings is 1. The van der Waals surface area contributed by atoms with E-state index in [2.05, 4.69) is 37.2 Å². The van der Waals surface area contributed by atoms with Crippen molar-refractivity contribution in [3.05, 3.63) is 66.6 Å². The lowest BCUT2D eigenvalue weighted by molar-refractivity contribution is 0.464. The number of pyridine rings is 1. The van der Waals surface area contributed by atoms with Crippen molar-refractivity contribution >= 4 is 33.3 Å². The smallest absolute Gasteiger partial charge is 0.246 e. The number of aryl methyl sites for hydroxylation is 1. The van der Waals surface area contributed by atoms with Crippen LogP contribution >= 0.6 is 0 Å². The summed E-state index contributed by atoms with van der Waals surface area (Å²) in [5.41, 5.74) is 3.49. The van der Waals surface area contributed by atoms with Crippen molar-refractivity contribution in [2.24, 2.45) is 5.41 Å². The van der Waals surface area contributed by atoms with Crippen molar-refractivity contribution < 1.29 is 8.95 Å². The molecule has 1 saturated heterocycles. The number of nitrogens with zero attached hydrogens (tertiary/aromatic N) is 3. The maximum absolute atomic E-state index is 12.9. The highest BCUT2D eigenvalue weighted by Gasteiger charge is 2.39. The van der Waals surface area contributed by atoms with Crippen LogP contribution in [0.2, 0.25) is 0 Å². The normalized spacial score (nSPS) is 18.9. The standard InChI is InChI=1S/C30H34N6O2S/c1-20-16-25(36-39(37)19-30(2)10-11-30)23-7-3-4-8-24(23)28(20)38-29-27(33-14-15-34-29)21-9-13-32-26(17-21)35-22-6-5-12-31-18-22/h3-4,7-9,13-17,22,31,36H,5-6,10-12,18-19H2,1-2H3,(H,32,35). The van der Waals surface area contributed by atoms with Gasteiger partial charge < -0.3 is 20.1 Å². The fourth-order valence-electron chi connectivity index (χ4n) is 5.08. The Kier molecular flexibility index (Phi) is 7.18. The van der Waals surface area contributed by atoms with Crippen LogP contribution in [0.5, 0.6) is 11.6 Å². The molecule has 2 aliphatic rings. The van der Waals surface area contributed by atoms with Gasteiger partial charge in [-0.05, 0) is 68.3 Å². The Morgan fingerprint density at radius 3 is 2.69 bits per heavy atom. The number of ether oxygens (including phenoxy) is 1. The molecule has 9 heteroatoms. The van der Waals surface area contributed by atoms with Gasteiger partial charge in [-0.15, -0.1) is 0 Å². The molecule has 2 aromatic heterocycles. The van der Waals surface area contributed by atoms with E-state index in [1.807, 2.05) is 49.4 Å². The largest absolute Gasteiger partial charge is 0.436 e. The Labute approximate surface area is 231 Å². The maximum Gasteiger partial charge on any atom is 0.246 e. The Hall–Kier alpha value is -3.56. The summed E-state index contributed by atoms with van der Waals surface area (Å²) < 4.78 is 22.7. The summed E-state index contributed by atoms with van der Waals surface area (Å²) in [5, 5.41) is 8.85. The van der Waals surface area contributed by atoms with Crippen molar-refractivity contribution in [3.8, 4) is 22.9 Å². The van der Waals surface area contributed by atoms with Crippen LogP contribution in [0.4, 0.5) is 11.5 Å². The van der Waals surface area contributed by atoms with Crippen molar-refractivity contribution in [2.75, 3.05) is 28.9 Å². The molecule has 0 bridgehead atoms. The van der Waals surface area contributed by atoms with Crippen LogP contribution in [0.15, 0.2) is 61.1 Å². The summed E-state index contributed by atoms with van der Waals surface area (Å²) >= 11 is 0. The average Bonchev–Trinajstić information content (AvgIpc) is 3.67. The molecule has 1 aliphatic heterocycles. The fourth-order valence-corrected chi connectivity index (χ4v) is 6.48. The lowest BCUT2D eigenvalue weighted by atomic mass is 10.0. The number of benzene rings is 2. The van der Waals surface area contributed by atoms with Gasteiger partial charge in [-0.2, -0.15) is 0 Å². The summed E-state index contributed by atoms with van der Waals surface area (Å²) in [6.07, 6.45) is 9.64. The molecule has 0 radical (unpaired) electrons. The lowest BCUT2D eigenvalue weighted by Gasteiger charge is -2.24. The lowest BCUT2D eigenvalue weighted by Crippen LogP contribution is -2.38. The van der Waals surface area contributed by atoms with Crippen molar-refractivity contribution in [1.29, 1.82) is 0 Å². The summed E-state index contributed by atoms with van der Waals surface area (Å²) in [4.78, 5) is 13.7. The van der Waals surface area contributed by atoms with Gasteiger partial charge >= 0.3 is 0 Å². The van der Waals surface area contributed by atoms with E-state index >= 15 is 0 Å². The summed E-state index contributed by atoms with van der Waals surface area (Å²) in [5.74, 6) is 2.59. The van der Waals surface area contributed by atoms with Gasteiger partial charge in [-0.25, -0.2) is 19.2 Å². The number of fused-ring (bicyclic) bond motifs is 1. The zero-order chi connectivity index (χ0) is 26.8. The van der Waals surface area contributed by atoms with Gasteiger partial charge in [0.25, 0.3) is 0 Å². The van der Waals surface area contributed by atoms with E-state index in [1.165, 1.54) is 0 Å². The molecule has 1 aliphatic carbocycles. The van der Waals surface area contributed by atoms with E-state index in [1.54, 1.807) is 18.6 Å². The second kappa shape index (κ2) is 10.9. The van der Waals surface area contributed by atoms with Gasteiger partial charge in [0.1, 0.15) is 28.2 Å². The Balaban J connectivity index is 1.30. The van der Waals surface area contributed by atoms with Crippen molar-refractivity contribution in [2.45, 2.75) is 45.6 Å². The number of aromatic nitrogens is 3. The summed E-state index contributed by atoms with van der Waals surface area (Å²) in [6.45, 7) is 6.19. The minimum absolute atomic E-state index is 0.198. The number of rotatable bonds is 9. The molecular formula is C30H34N6O2S. The van der Waals surface area contributed by atoms with Crippen LogP contribution in [0, 0.1) is 12.3 Å². The highest BCUT2D eigenvalue weighted by atomic mass is 32.2. The van der Waals surface area contributed by atoms with Crippen LogP contribution < -0.4 is 20.1 Å². The van der Waals surface area contributed by atoms with Crippen LogP contribution in [-0.4, -0.2) is 44.0 Å². The third-order valence-electron chi connectivity index (χ3n) is 7.53. The van der Waals surface area contributed by atoms with E-state index in [0.717, 1.165) is 72.2 Å². The predicted octanol–water partition coefficient (Wildman–Crippen LogP) is 5.83. The molecule has 2 atom stereocenters. The molecule has 2 unspecified atom stereocenters. The summed E-state index contributed by atoms with van der Waals surface area (Å²) in [6, 6.07) is 14.3. The second-order valence-electron chi connectivity index (χ2n) is 10.9. The van der Waals surface area contributed by atoms with Crippen LogP contribution in [0.25, 0.3) is 22.0 Å². The van der Waals surface area contributed by atoms with E-state index < -0.39 is 11.0 Å². The third kappa shape index (κ3) is 5.89. The molecule has 4 aromatic rings. The molecule has 8 nitrogen and oxygen atoms in total. The van der Waals surface area contributed by atoms with Gasteiger partial charge in [-0.3, -0.25) is 0 Å². The molecule has 0 spiro atoms. The first-order valence-corrected chi connectivity index (χ1v) is 14.9. The van der Waals surface area contributed by atoms with E-state index in [4.69, 9.17) is 4.74 Å². The Morgan fingerprint density at radius 1 is 1.08 bits per heavy atom. The molecule has 0 amide bonds. The average molecular weight is 543 g/mol. The van der Waals surface area contributed by atoms with Gasteiger partial charge in [0.2, 0.25) is 5.88 Å². The molecule has 3 N–H and O–H groups in total. The molecule has 3 heterocycles. The Morgan fingerprint density at radius 2 is 1.90 bits per heavy atom. The minimum Gasteiger partial charge on any atom is -0.436 e. The molecule has 202 valence electrons. The first-order chi connectivity index (χ1) is 19.0. The number of nitrogens with one attached hydrogen (secondary N) is 3. The third-order valence-corrected chi connectivity index (χ3v) is 8.94. The van der Waals surface area contributed by atoms with Gasteiger partial charge in [0, 0.05) is 53.3 Å². The van der Waals surface area contributed by atoms with Gasteiger partial charge in [0.15, 0.2) is 0 Å². The quantitative estimate of drug-likeness (QED) is 0.245. The fraction of sp³-hybridized carbons (Fsp3) is 0.367. The zero-order valence-electron chi connectivity index (χ0n) is 22.4. The van der Waals surface area contributed by atoms with Crippen LogP contribution in [0.3, 0.4) is 0 Å². The molecular weight excluding hydrogens is 508 g/mol. The molecule has 1 saturated carbocycles. The van der Waals surface area contributed by atoms with Crippen molar-refractivity contribution in [1.82, 2.24) is 20.3 Å². The van der Waals surface area contributed by atoms with E-state index in [0.29, 0.717) is 29.1 Å². The van der Waals surface area contributed by atoms with E-state index in [-0.39, 0.29) is 5.41 Å². The first kappa shape index (κ1) is 25.7. The molecule has 39 heavy (non-hydrogen) atoms.